The third kappa shape index (κ3) is 6.02. The van der Waals surface area contributed by atoms with Gasteiger partial charge in [0.15, 0.2) is 0 Å². The molecule has 1 aliphatic carbocycles. The summed E-state index contributed by atoms with van der Waals surface area (Å²) in [6.45, 7) is 5.57. The van der Waals surface area contributed by atoms with Crippen LogP contribution >= 0.6 is 0 Å². The number of alkyl carbamates (subject to hydrolysis) is 1. The lowest BCUT2D eigenvalue weighted by molar-refractivity contribution is 0.0486. The molecule has 0 bridgehead atoms. The van der Waals surface area contributed by atoms with Gasteiger partial charge in [-0.25, -0.2) is 14.3 Å². The highest BCUT2D eigenvalue weighted by molar-refractivity contribution is 5.96. The predicted octanol–water partition coefficient (Wildman–Crippen LogP) is 5.48. The topological polar surface area (TPSA) is 107 Å². The van der Waals surface area contributed by atoms with Gasteiger partial charge in [-0.3, -0.25) is 4.98 Å². The lowest BCUT2D eigenvalue weighted by atomic mass is 9.91. The van der Waals surface area contributed by atoms with Crippen LogP contribution in [0.25, 0.3) is 11.1 Å². The Morgan fingerprint density at radius 1 is 1.03 bits per heavy atom. The third-order valence-corrected chi connectivity index (χ3v) is 6.12. The van der Waals surface area contributed by atoms with E-state index in [9.17, 15) is 9.59 Å². The van der Waals surface area contributed by atoms with Crippen LogP contribution in [0.4, 0.5) is 16.3 Å². The summed E-state index contributed by atoms with van der Waals surface area (Å²) < 4.78 is 12.4. The number of anilines is 2. The number of ether oxygens (including phenoxy) is 2. The molecule has 1 fully saturated rings. The number of methoxy groups -OCH3 is 1. The van der Waals surface area contributed by atoms with Crippen molar-refractivity contribution in [1.29, 1.82) is 0 Å². The van der Waals surface area contributed by atoms with E-state index in [0.717, 1.165) is 42.6 Å². The smallest absolute Gasteiger partial charge is 0.407 e. The largest absolute Gasteiger partial charge is 0.465 e. The first kappa shape index (κ1) is 25.2. The first-order chi connectivity index (χ1) is 17.2. The first-order valence-electron chi connectivity index (χ1n) is 12.2. The van der Waals surface area contributed by atoms with Crippen LogP contribution in [0.3, 0.4) is 0 Å². The zero-order chi connectivity index (χ0) is 25.7. The van der Waals surface area contributed by atoms with Crippen LogP contribution in [-0.2, 0) is 9.47 Å². The molecule has 0 aliphatic heterocycles. The molecule has 3 aromatic rings. The highest BCUT2D eigenvalue weighted by Crippen LogP contribution is 2.37. The quantitative estimate of drug-likeness (QED) is 0.439. The normalized spacial score (nSPS) is 17.8. The van der Waals surface area contributed by atoms with Crippen LogP contribution in [0.5, 0.6) is 0 Å². The molecule has 0 atom stereocenters. The highest BCUT2D eigenvalue weighted by Gasteiger charge is 2.28. The van der Waals surface area contributed by atoms with E-state index in [-0.39, 0.29) is 18.2 Å². The van der Waals surface area contributed by atoms with Crippen molar-refractivity contribution >= 4 is 23.6 Å². The number of carbonyl (C=O) groups is 2. The lowest BCUT2D eigenvalue weighted by Gasteiger charge is -2.31. The van der Waals surface area contributed by atoms with Gasteiger partial charge in [-0.2, -0.15) is 5.10 Å². The highest BCUT2D eigenvalue weighted by atomic mass is 16.6. The molecule has 0 saturated heterocycles. The fraction of sp³-hybridized carbons (Fsp3) is 0.407. The Balaban J connectivity index is 1.58. The molecule has 9 heteroatoms. The fourth-order valence-corrected chi connectivity index (χ4v) is 4.44. The Bertz CT molecular complexity index is 1190. The molecule has 2 heterocycles. The van der Waals surface area contributed by atoms with Gasteiger partial charge in [0.1, 0.15) is 11.4 Å². The van der Waals surface area contributed by atoms with Crippen molar-refractivity contribution in [2.24, 2.45) is 0 Å². The van der Waals surface area contributed by atoms with Gasteiger partial charge in [0.25, 0.3) is 0 Å². The van der Waals surface area contributed by atoms with Crippen LogP contribution in [0, 0.1) is 0 Å². The van der Waals surface area contributed by atoms with Crippen molar-refractivity contribution in [3.63, 3.8) is 0 Å². The van der Waals surface area contributed by atoms with E-state index in [1.807, 2.05) is 62.0 Å². The van der Waals surface area contributed by atoms with Gasteiger partial charge >= 0.3 is 12.1 Å². The Kier molecular flexibility index (Phi) is 7.57. The van der Waals surface area contributed by atoms with Gasteiger partial charge in [0.2, 0.25) is 0 Å². The molecule has 1 saturated carbocycles. The molecule has 4 rings (SSSR count). The summed E-state index contributed by atoms with van der Waals surface area (Å²) in [4.78, 5) is 28.8. The minimum Gasteiger partial charge on any atom is -0.465 e. The number of esters is 1. The maximum absolute atomic E-state index is 12.4. The third-order valence-electron chi connectivity index (χ3n) is 6.12. The van der Waals surface area contributed by atoms with E-state index >= 15 is 0 Å². The second-order valence-electron chi connectivity index (χ2n) is 9.91. The van der Waals surface area contributed by atoms with Crippen LogP contribution in [-0.4, -0.2) is 45.6 Å². The number of nitrogens with one attached hydrogen (secondary N) is 2. The summed E-state index contributed by atoms with van der Waals surface area (Å²) >= 11 is 0. The number of benzene rings is 1. The summed E-state index contributed by atoms with van der Waals surface area (Å²) in [7, 11) is 1.36. The summed E-state index contributed by atoms with van der Waals surface area (Å²) in [5, 5.41) is 11.2. The summed E-state index contributed by atoms with van der Waals surface area (Å²) in [6, 6.07) is 11.8. The minimum absolute atomic E-state index is 0.0564. The van der Waals surface area contributed by atoms with E-state index in [4.69, 9.17) is 14.6 Å². The van der Waals surface area contributed by atoms with E-state index in [1.54, 1.807) is 18.5 Å². The van der Waals surface area contributed by atoms with Crippen molar-refractivity contribution < 1.29 is 19.1 Å². The van der Waals surface area contributed by atoms with Gasteiger partial charge in [0, 0.05) is 17.8 Å². The SMILES string of the molecule is COC(=O)c1ccncc1Nc1c(-c2ccccc2)cnn1[C@H]1CC[C@@H](NC(=O)OC(C)(C)C)CC1. The van der Waals surface area contributed by atoms with Gasteiger partial charge in [0.05, 0.1) is 36.8 Å². The maximum Gasteiger partial charge on any atom is 0.407 e. The standard InChI is InChI=1S/C27H33N5O4/c1-27(2,3)36-26(34)30-19-10-12-20(13-11-19)32-24(22(16-29-32)18-8-6-5-7-9-18)31-23-17-28-15-14-21(23)25(33)35-4/h5-9,14-17,19-20,31H,10-13H2,1-4H3,(H,30,34)/t19-,20+. The van der Waals surface area contributed by atoms with Crippen LogP contribution in [0.1, 0.15) is 62.9 Å². The number of hydrogen-bond donors (Lipinski definition) is 2. The van der Waals surface area contributed by atoms with Gasteiger partial charge in [-0.15, -0.1) is 0 Å². The molecule has 36 heavy (non-hydrogen) atoms. The average Bonchev–Trinajstić information content (AvgIpc) is 3.27. The van der Waals surface area contributed by atoms with Gasteiger partial charge in [-0.05, 0) is 58.1 Å². The summed E-state index contributed by atoms with van der Waals surface area (Å²) in [6.07, 6.45) is 7.92. The molecular formula is C27H33N5O4. The first-order valence-corrected chi connectivity index (χ1v) is 12.2. The lowest BCUT2D eigenvalue weighted by Crippen LogP contribution is -2.41. The Labute approximate surface area is 211 Å². The molecule has 0 unspecified atom stereocenters. The van der Waals surface area contributed by atoms with E-state index in [1.165, 1.54) is 7.11 Å². The van der Waals surface area contributed by atoms with Crippen molar-refractivity contribution in [3.8, 4) is 11.1 Å². The molecule has 1 aliphatic rings. The molecule has 0 spiro atoms. The zero-order valence-electron chi connectivity index (χ0n) is 21.2. The second kappa shape index (κ2) is 10.8. The second-order valence-corrected chi connectivity index (χ2v) is 9.91. The molecule has 1 aromatic carbocycles. The number of nitrogens with zero attached hydrogens (tertiary/aromatic N) is 3. The molecule has 2 aromatic heterocycles. The van der Waals surface area contributed by atoms with E-state index in [0.29, 0.717) is 11.3 Å². The van der Waals surface area contributed by atoms with Crippen LogP contribution in [0.15, 0.2) is 55.0 Å². The Morgan fingerprint density at radius 2 is 1.75 bits per heavy atom. The maximum atomic E-state index is 12.4. The number of amides is 1. The number of rotatable bonds is 6. The molecule has 0 radical (unpaired) electrons. The number of aromatic nitrogens is 3. The Hall–Kier alpha value is -3.88. The summed E-state index contributed by atoms with van der Waals surface area (Å²) in [5.74, 6) is 0.337. The molecular weight excluding hydrogens is 458 g/mol. The zero-order valence-corrected chi connectivity index (χ0v) is 21.2. The summed E-state index contributed by atoms with van der Waals surface area (Å²) in [5.41, 5.74) is 2.34. The van der Waals surface area contributed by atoms with Crippen molar-refractivity contribution in [1.82, 2.24) is 20.1 Å². The minimum atomic E-state index is -0.528. The van der Waals surface area contributed by atoms with E-state index in [2.05, 4.69) is 15.6 Å². The molecule has 2 N–H and O–H groups in total. The van der Waals surface area contributed by atoms with Crippen molar-refractivity contribution in [2.45, 2.75) is 64.1 Å². The van der Waals surface area contributed by atoms with Crippen molar-refractivity contribution in [3.05, 3.63) is 60.6 Å². The fourth-order valence-electron chi connectivity index (χ4n) is 4.44. The van der Waals surface area contributed by atoms with Crippen molar-refractivity contribution in [2.75, 3.05) is 12.4 Å². The average molecular weight is 492 g/mol. The van der Waals surface area contributed by atoms with Gasteiger partial charge in [-0.1, -0.05) is 30.3 Å². The number of pyridine rings is 1. The molecule has 190 valence electrons. The van der Waals surface area contributed by atoms with E-state index < -0.39 is 11.6 Å². The monoisotopic (exact) mass is 491 g/mol. The Morgan fingerprint density at radius 3 is 2.42 bits per heavy atom. The molecule has 9 nitrogen and oxygen atoms in total. The number of hydrogen-bond acceptors (Lipinski definition) is 7. The van der Waals surface area contributed by atoms with Gasteiger partial charge < -0.3 is 20.1 Å². The predicted molar refractivity (Wildman–Crippen MR) is 137 cm³/mol. The molecule has 1 amide bonds. The number of carbonyl (C=O) groups excluding carboxylic acids is 2. The van der Waals surface area contributed by atoms with Crippen LogP contribution < -0.4 is 10.6 Å². The van der Waals surface area contributed by atoms with Crippen LogP contribution in [0.2, 0.25) is 0 Å².